The van der Waals surface area contributed by atoms with Crippen LogP contribution in [0.2, 0.25) is 10.0 Å². The fourth-order valence-electron chi connectivity index (χ4n) is 4.62. The van der Waals surface area contributed by atoms with Gasteiger partial charge in [0.2, 0.25) is 0 Å². The van der Waals surface area contributed by atoms with Crippen LogP contribution in [-0.4, -0.2) is 29.9 Å². The molecule has 0 aromatic heterocycles. The van der Waals surface area contributed by atoms with E-state index < -0.39 is 40.1 Å². The summed E-state index contributed by atoms with van der Waals surface area (Å²) in [5, 5.41) is 1.94. The maximum Gasteiger partial charge on any atom is 0.417 e. The number of nitrogens with one attached hydrogen (secondary N) is 1. The first-order valence-corrected chi connectivity index (χ1v) is 10.8. The van der Waals surface area contributed by atoms with E-state index >= 15 is 0 Å². The lowest BCUT2D eigenvalue weighted by Crippen LogP contribution is -2.54. The van der Waals surface area contributed by atoms with E-state index in [0.717, 1.165) is 44.5 Å². The molecule has 0 radical (unpaired) electrons. The average Bonchev–Trinajstić information content (AvgIpc) is 2.72. The van der Waals surface area contributed by atoms with Crippen molar-refractivity contribution in [1.29, 1.82) is 0 Å². The van der Waals surface area contributed by atoms with E-state index in [-0.39, 0.29) is 23.5 Å². The molecule has 1 unspecified atom stereocenters. The summed E-state index contributed by atoms with van der Waals surface area (Å²) in [5.41, 5.74) is -0.865. The van der Waals surface area contributed by atoms with E-state index in [0.29, 0.717) is 11.5 Å². The fraction of sp³-hybridized carbons (Fsp3) is 0.409. The predicted octanol–water partition coefficient (Wildman–Crippen LogP) is 6.53. The van der Waals surface area contributed by atoms with Crippen molar-refractivity contribution in [3.8, 4) is 0 Å². The highest BCUT2D eigenvalue weighted by Gasteiger charge is 2.40. The number of hydrogen-bond acceptors (Lipinski definition) is 2. The summed E-state index contributed by atoms with van der Waals surface area (Å²) >= 11 is 12.0. The molecule has 10 heteroatoms. The number of fused-ring (bicyclic) bond motifs is 3. The van der Waals surface area contributed by atoms with Crippen molar-refractivity contribution in [2.45, 2.75) is 37.5 Å². The molecule has 174 valence electrons. The van der Waals surface area contributed by atoms with Gasteiger partial charge >= 0.3 is 6.18 Å². The minimum Gasteiger partial charge on any atom is -0.344 e. The molecule has 0 aliphatic carbocycles. The van der Waals surface area contributed by atoms with Gasteiger partial charge in [0.1, 0.15) is 5.82 Å². The third-order valence-electron chi connectivity index (χ3n) is 6.22. The second-order valence-corrected chi connectivity index (χ2v) is 8.85. The quantitative estimate of drug-likeness (QED) is 0.474. The highest BCUT2D eigenvalue weighted by Crippen LogP contribution is 2.40. The molecule has 1 N–H and O–H groups in total. The lowest BCUT2D eigenvalue weighted by Gasteiger charge is -2.48. The lowest BCUT2D eigenvalue weighted by molar-refractivity contribution is -0.137. The zero-order chi connectivity index (χ0) is 22.3. The van der Waals surface area contributed by atoms with E-state index in [9.17, 15) is 22.4 Å². The summed E-state index contributed by atoms with van der Waals surface area (Å²) in [6.07, 6.45) is -1.73. The Kier molecular flexibility index (Phi) is 7.65. The number of rotatable bonds is 4. The summed E-state index contributed by atoms with van der Waals surface area (Å²) in [6.45, 7) is 1.77. The molecule has 3 heterocycles. The first kappa shape index (κ1) is 25.1. The summed E-state index contributed by atoms with van der Waals surface area (Å²) in [7, 11) is 0. The second-order valence-electron chi connectivity index (χ2n) is 8.07. The molecule has 3 nitrogen and oxygen atoms in total. The van der Waals surface area contributed by atoms with Crippen LogP contribution in [0.4, 0.5) is 17.6 Å². The van der Waals surface area contributed by atoms with Gasteiger partial charge in [-0.05, 0) is 68.1 Å². The van der Waals surface area contributed by atoms with Crippen molar-refractivity contribution in [2.24, 2.45) is 5.92 Å². The number of alkyl halides is 3. The molecule has 3 saturated heterocycles. The number of benzene rings is 2. The number of nitrogens with zero attached hydrogens (tertiary/aromatic N) is 1. The van der Waals surface area contributed by atoms with Crippen LogP contribution in [0.5, 0.6) is 0 Å². The Bertz CT molecular complexity index is 976. The Balaban J connectivity index is 0.00000289. The van der Waals surface area contributed by atoms with Gasteiger partial charge in [0.05, 0.1) is 27.2 Å². The molecular formula is C22H21Cl3F4N2O. The van der Waals surface area contributed by atoms with Crippen LogP contribution < -0.4 is 5.32 Å². The van der Waals surface area contributed by atoms with Gasteiger partial charge in [0, 0.05) is 6.04 Å². The van der Waals surface area contributed by atoms with Crippen molar-refractivity contribution in [3.63, 3.8) is 0 Å². The smallest absolute Gasteiger partial charge is 0.344 e. The van der Waals surface area contributed by atoms with E-state index in [2.05, 4.69) is 10.2 Å². The van der Waals surface area contributed by atoms with Crippen LogP contribution >= 0.6 is 35.6 Å². The van der Waals surface area contributed by atoms with Crippen LogP contribution in [0, 0.1) is 11.7 Å². The van der Waals surface area contributed by atoms with Crippen molar-refractivity contribution >= 4 is 41.5 Å². The van der Waals surface area contributed by atoms with Gasteiger partial charge < -0.3 is 5.32 Å². The first-order chi connectivity index (χ1) is 14.6. The third kappa shape index (κ3) is 5.01. The van der Waals surface area contributed by atoms with Crippen molar-refractivity contribution in [2.75, 3.05) is 13.1 Å². The number of halogens is 7. The van der Waals surface area contributed by atoms with Crippen LogP contribution in [0.25, 0.3) is 0 Å². The molecule has 2 atom stereocenters. The maximum atomic E-state index is 13.5. The van der Waals surface area contributed by atoms with Gasteiger partial charge in [-0.2, -0.15) is 13.2 Å². The average molecular weight is 512 g/mol. The van der Waals surface area contributed by atoms with Gasteiger partial charge in [-0.25, -0.2) is 4.39 Å². The van der Waals surface area contributed by atoms with Crippen LogP contribution in [0.3, 0.4) is 0 Å². The van der Waals surface area contributed by atoms with Crippen molar-refractivity contribution < 1.29 is 22.4 Å². The normalized spacial score (nSPS) is 23.4. The number of amides is 1. The molecule has 2 bridgehead atoms. The first-order valence-electron chi connectivity index (χ1n) is 10.0. The Hall–Kier alpha value is -1.54. The molecule has 32 heavy (non-hydrogen) atoms. The van der Waals surface area contributed by atoms with Crippen LogP contribution in [0.15, 0.2) is 36.4 Å². The van der Waals surface area contributed by atoms with Gasteiger partial charge in [-0.3, -0.25) is 9.69 Å². The van der Waals surface area contributed by atoms with Crippen LogP contribution in [0.1, 0.15) is 46.8 Å². The Labute approximate surface area is 199 Å². The second kappa shape index (κ2) is 9.75. The fourth-order valence-corrected chi connectivity index (χ4v) is 5.27. The molecule has 1 amide bonds. The molecule has 3 aliphatic heterocycles. The summed E-state index contributed by atoms with van der Waals surface area (Å²) < 4.78 is 53.3. The zero-order valence-electron chi connectivity index (χ0n) is 16.8. The zero-order valence-corrected chi connectivity index (χ0v) is 19.1. The molecule has 0 spiro atoms. The molecular weight excluding hydrogens is 491 g/mol. The van der Waals surface area contributed by atoms with E-state index in [1.807, 2.05) is 0 Å². The van der Waals surface area contributed by atoms with Crippen molar-refractivity contribution in [1.82, 2.24) is 10.2 Å². The molecule has 5 rings (SSSR count). The standard InChI is InChI=1S/C22H20Cl2F4N2O.ClH/c23-16-6-5-15(22(26,27)28)19(24)18(16)21(31)29-20(13-1-3-14(25)4-2-13)17-11-12-7-9-30(17)10-8-12;/h1-6,12,17,20H,7-11H2,(H,29,31);1H/t17-,20?;/m0./s1. The van der Waals surface area contributed by atoms with E-state index in [1.54, 1.807) is 12.1 Å². The minimum absolute atomic E-state index is 0. The molecule has 2 aromatic carbocycles. The van der Waals surface area contributed by atoms with E-state index in [1.165, 1.54) is 12.1 Å². The summed E-state index contributed by atoms with van der Waals surface area (Å²) in [4.78, 5) is 15.4. The number of carbonyl (C=O) groups excluding carboxylic acids is 1. The number of hydrogen-bond donors (Lipinski definition) is 1. The lowest BCUT2D eigenvalue weighted by atomic mass is 9.79. The largest absolute Gasteiger partial charge is 0.417 e. The SMILES string of the molecule is Cl.O=C(NC(c1ccc(F)cc1)[C@@H]1CC2CCN1CC2)c1c(Cl)ccc(C(F)(F)F)c1Cl. The van der Waals surface area contributed by atoms with Gasteiger partial charge in [-0.15, -0.1) is 12.4 Å². The maximum absolute atomic E-state index is 13.5. The topological polar surface area (TPSA) is 32.3 Å². The molecule has 2 aromatic rings. The predicted molar refractivity (Wildman–Crippen MR) is 118 cm³/mol. The Morgan fingerprint density at radius 3 is 2.22 bits per heavy atom. The minimum atomic E-state index is -4.72. The Morgan fingerprint density at radius 2 is 1.69 bits per heavy atom. The van der Waals surface area contributed by atoms with Crippen molar-refractivity contribution in [3.05, 3.63) is 69.0 Å². The van der Waals surface area contributed by atoms with Gasteiger partial charge in [0.25, 0.3) is 5.91 Å². The highest BCUT2D eigenvalue weighted by molar-refractivity contribution is 6.40. The third-order valence-corrected chi connectivity index (χ3v) is 6.92. The Morgan fingerprint density at radius 1 is 1.06 bits per heavy atom. The summed E-state index contributed by atoms with van der Waals surface area (Å²) in [5.74, 6) is -0.683. The highest BCUT2D eigenvalue weighted by atomic mass is 35.5. The number of carbonyl (C=O) groups is 1. The summed E-state index contributed by atoms with van der Waals surface area (Å²) in [6, 6.07) is 6.94. The molecule has 0 saturated carbocycles. The van der Waals surface area contributed by atoms with E-state index in [4.69, 9.17) is 23.2 Å². The molecule has 3 aliphatic rings. The molecule has 3 fully saturated rings. The monoisotopic (exact) mass is 510 g/mol. The van der Waals surface area contributed by atoms with Gasteiger partial charge in [0.15, 0.2) is 0 Å². The number of piperidine rings is 3. The van der Waals surface area contributed by atoms with Gasteiger partial charge in [-0.1, -0.05) is 35.3 Å². The van der Waals surface area contributed by atoms with Crippen LogP contribution in [-0.2, 0) is 6.18 Å².